The number of carbonyl (C=O) groups excluding carboxylic acids is 1. The van der Waals surface area contributed by atoms with Crippen LogP contribution in [0.3, 0.4) is 0 Å². The van der Waals surface area contributed by atoms with E-state index in [9.17, 15) is 14.0 Å². The molecule has 33 heavy (non-hydrogen) atoms. The van der Waals surface area contributed by atoms with E-state index in [1.54, 1.807) is 29.2 Å². The van der Waals surface area contributed by atoms with Crippen molar-refractivity contribution in [3.05, 3.63) is 111 Å². The number of hydrogen-bond acceptors (Lipinski definition) is 4. The Labute approximate surface area is 190 Å². The lowest BCUT2D eigenvalue weighted by Gasteiger charge is -2.25. The molecule has 0 aliphatic carbocycles. The minimum absolute atomic E-state index is 0.0531. The fraction of sp³-hybridized carbons (Fsp3) is 0.185. The van der Waals surface area contributed by atoms with Crippen LogP contribution in [0.1, 0.15) is 45.8 Å². The van der Waals surface area contributed by atoms with Gasteiger partial charge in [-0.15, -0.1) is 0 Å². The molecule has 0 N–H and O–H groups in total. The molecule has 0 saturated heterocycles. The normalized spacial score (nSPS) is 15.2. The predicted octanol–water partition coefficient (Wildman–Crippen LogP) is 5.38. The minimum Gasteiger partial charge on any atom is -0.494 e. The molecule has 0 spiro atoms. The summed E-state index contributed by atoms with van der Waals surface area (Å²) in [4.78, 5) is 28.7. The van der Waals surface area contributed by atoms with E-state index in [0.29, 0.717) is 28.9 Å². The number of rotatable bonds is 5. The predicted molar refractivity (Wildman–Crippen MR) is 123 cm³/mol. The third-order valence-electron chi connectivity index (χ3n) is 5.89. The van der Waals surface area contributed by atoms with E-state index < -0.39 is 6.04 Å². The Hall–Kier alpha value is -3.93. The second kappa shape index (κ2) is 8.20. The van der Waals surface area contributed by atoms with Crippen molar-refractivity contribution in [1.82, 2.24) is 4.90 Å². The van der Waals surface area contributed by atoms with Crippen molar-refractivity contribution >= 4 is 16.9 Å². The molecule has 6 heteroatoms. The van der Waals surface area contributed by atoms with Gasteiger partial charge in [0.15, 0.2) is 5.43 Å². The molecule has 1 amide bonds. The second-order valence-corrected chi connectivity index (χ2v) is 8.14. The van der Waals surface area contributed by atoms with Gasteiger partial charge in [0.1, 0.15) is 17.1 Å². The number of hydrogen-bond donors (Lipinski definition) is 0. The molecule has 1 unspecified atom stereocenters. The Bertz CT molecular complexity index is 1410. The summed E-state index contributed by atoms with van der Waals surface area (Å²) in [6.07, 6.45) is 0. The van der Waals surface area contributed by atoms with E-state index in [-0.39, 0.29) is 29.5 Å². The van der Waals surface area contributed by atoms with E-state index in [1.807, 2.05) is 44.2 Å². The van der Waals surface area contributed by atoms with E-state index in [1.165, 1.54) is 12.1 Å². The third kappa shape index (κ3) is 3.67. The SMILES string of the molecule is CCOc1ccc(C2c3c(oc4ccc(C)cc4c3=O)C(=O)N2Cc2ccc(F)cc2)cc1. The fourth-order valence-corrected chi connectivity index (χ4v) is 4.34. The lowest BCUT2D eigenvalue weighted by molar-refractivity contribution is 0.0714. The standard InChI is InChI=1S/C27H22FNO4/c1-3-32-20-11-7-18(8-12-20)24-23-25(30)21-14-16(2)4-13-22(21)33-26(23)27(31)29(24)15-17-5-9-19(28)10-6-17/h4-14,24H,3,15H2,1-2H3. The summed E-state index contributed by atoms with van der Waals surface area (Å²) >= 11 is 0. The summed E-state index contributed by atoms with van der Waals surface area (Å²) in [6, 6.07) is 18.1. The maximum atomic E-state index is 13.6. The van der Waals surface area contributed by atoms with Crippen molar-refractivity contribution in [3.8, 4) is 5.75 Å². The van der Waals surface area contributed by atoms with Gasteiger partial charge in [0, 0.05) is 6.54 Å². The zero-order valence-electron chi connectivity index (χ0n) is 18.3. The molecule has 5 nitrogen and oxygen atoms in total. The largest absolute Gasteiger partial charge is 0.494 e. The summed E-state index contributed by atoms with van der Waals surface area (Å²) < 4.78 is 25.0. The highest BCUT2D eigenvalue weighted by Gasteiger charge is 2.42. The second-order valence-electron chi connectivity index (χ2n) is 8.14. The summed E-state index contributed by atoms with van der Waals surface area (Å²) in [5.74, 6) is 0.0403. The highest BCUT2D eigenvalue weighted by molar-refractivity contribution is 5.99. The number of fused-ring (bicyclic) bond motifs is 2. The van der Waals surface area contributed by atoms with E-state index in [2.05, 4.69) is 0 Å². The van der Waals surface area contributed by atoms with Gasteiger partial charge in [0.05, 0.1) is 23.6 Å². The Morgan fingerprint density at radius 1 is 1.00 bits per heavy atom. The van der Waals surface area contributed by atoms with Crippen molar-refractivity contribution < 1.29 is 18.3 Å². The molecule has 0 fully saturated rings. The van der Waals surface area contributed by atoms with Crippen LogP contribution >= 0.6 is 0 Å². The lowest BCUT2D eigenvalue weighted by Crippen LogP contribution is -2.29. The van der Waals surface area contributed by atoms with Crippen LogP contribution < -0.4 is 10.2 Å². The molecule has 1 aliphatic heterocycles. The van der Waals surface area contributed by atoms with Crippen LogP contribution in [0.5, 0.6) is 5.75 Å². The molecule has 4 aromatic rings. The van der Waals surface area contributed by atoms with E-state index in [4.69, 9.17) is 9.15 Å². The van der Waals surface area contributed by atoms with Gasteiger partial charge < -0.3 is 14.1 Å². The molecule has 1 aromatic heterocycles. The molecule has 166 valence electrons. The molecule has 0 radical (unpaired) electrons. The molecule has 1 atom stereocenters. The maximum Gasteiger partial charge on any atom is 0.291 e. The van der Waals surface area contributed by atoms with Crippen LogP contribution in [0.25, 0.3) is 11.0 Å². The number of halogens is 1. The van der Waals surface area contributed by atoms with Crippen molar-refractivity contribution in [2.75, 3.05) is 6.61 Å². The van der Waals surface area contributed by atoms with Crippen LogP contribution in [0.4, 0.5) is 4.39 Å². The first-order valence-corrected chi connectivity index (χ1v) is 10.8. The Kier molecular flexibility index (Phi) is 5.21. The van der Waals surface area contributed by atoms with Crippen molar-refractivity contribution in [3.63, 3.8) is 0 Å². The summed E-state index contributed by atoms with van der Waals surface area (Å²) in [6.45, 7) is 4.55. The molecule has 0 saturated carbocycles. The topological polar surface area (TPSA) is 59.8 Å². The molecule has 5 rings (SSSR count). The van der Waals surface area contributed by atoms with Gasteiger partial charge in [-0.2, -0.15) is 0 Å². The molecule has 0 bridgehead atoms. The molecular weight excluding hydrogens is 421 g/mol. The average Bonchev–Trinajstić information content (AvgIpc) is 3.08. The molecule has 3 aromatic carbocycles. The quantitative estimate of drug-likeness (QED) is 0.415. The van der Waals surface area contributed by atoms with Crippen molar-refractivity contribution in [2.24, 2.45) is 0 Å². The summed E-state index contributed by atoms with van der Waals surface area (Å²) in [5, 5.41) is 0.445. The highest BCUT2D eigenvalue weighted by atomic mass is 19.1. The van der Waals surface area contributed by atoms with Crippen LogP contribution in [0, 0.1) is 12.7 Å². The highest BCUT2D eigenvalue weighted by Crippen LogP contribution is 2.39. The Morgan fingerprint density at radius 2 is 1.73 bits per heavy atom. The van der Waals surface area contributed by atoms with Crippen molar-refractivity contribution in [2.45, 2.75) is 26.4 Å². The zero-order chi connectivity index (χ0) is 23.1. The third-order valence-corrected chi connectivity index (χ3v) is 5.89. The first-order chi connectivity index (χ1) is 16.0. The number of nitrogens with zero attached hydrogens (tertiary/aromatic N) is 1. The first-order valence-electron chi connectivity index (χ1n) is 10.8. The van der Waals surface area contributed by atoms with Gasteiger partial charge in [-0.3, -0.25) is 9.59 Å². The van der Waals surface area contributed by atoms with Gasteiger partial charge in [-0.05, 0) is 61.4 Å². The average molecular weight is 443 g/mol. The van der Waals surface area contributed by atoms with Crippen LogP contribution in [-0.2, 0) is 6.54 Å². The Balaban J connectivity index is 1.68. The monoisotopic (exact) mass is 443 g/mol. The summed E-state index contributed by atoms with van der Waals surface area (Å²) in [7, 11) is 0. The molecule has 2 heterocycles. The van der Waals surface area contributed by atoms with Gasteiger partial charge in [-0.1, -0.05) is 35.9 Å². The maximum absolute atomic E-state index is 13.6. The molecular formula is C27H22FNO4. The lowest BCUT2D eigenvalue weighted by atomic mass is 9.98. The van der Waals surface area contributed by atoms with Gasteiger partial charge in [0.2, 0.25) is 5.76 Å². The number of carbonyl (C=O) groups is 1. The summed E-state index contributed by atoms with van der Waals surface area (Å²) in [5.41, 5.74) is 2.94. The fourth-order valence-electron chi connectivity index (χ4n) is 4.34. The number of amides is 1. The van der Waals surface area contributed by atoms with Gasteiger partial charge >= 0.3 is 0 Å². The molecule has 1 aliphatic rings. The van der Waals surface area contributed by atoms with E-state index >= 15 is 0 Å². The number of benzene rings is 3. The van der Waals surface area contributed by atoms with Crippen LogP contribution in [-0.4, -0.2) is 17.4 Å². The minimum atomic E-state index is -0.630. The van der Waals surface area contributed by atoms with Crippen molar-refractivity contribution in [1.29, 1.82) is 0 Å². The number of aryl methyl sites for hydroxylation is 1. The van der Waals surface area contributed by atoms with Gasteiger partial charge in [0.25, 0.3) is 5.91 Å². The van der Waals surface area contributed by atoms with Gasteiger partial charge in [-0.25, -0.2) is 4.39 Å². The zero-order valence-corrected chi connectivity index (χ0v) is 18.3. The van der Waals surface area contributed by atoms with E-state index in [0.717, 1.165) is 16.7 Å². The van der Waals surface area contributed by atoms with Crippen LogP contribution in [0.15, 0.2) is 75.9 Å². The van der Waals surface area contributed by atoms with Crippen LogP contribution in [0.2, 0.25) is 0 Å². The number of ether oxygens (including phenoxy) is 1. The first kappa shape index (κ1) is 20.9. The smallest absolute Gasteiger partial charge is 0.291 e. The Morgan fingerprint density at radius 3 is 2.42 bits per heavy atom.